The molecule has 0 bridgehead atoms. The Balaban J connectivity index is 2.12. The van der Waals surface area contributed by atoms with Crippen LogP contribution in [0.5, 0.6) is 0 Å². The van der Waals surface area contributed by atoms with Gasteiger partial charge in [-0.2, -0.15) is 0 Å². The Bertz CT molecular complexity index is 476. The van der Waals surface area contributed by atoms with Crippen LogP contribution in [0.15, 0.2) is 0 Å². The molecule has 0 unspecified atom stereocenters. The van der Waals surface area contributed by atoms with Crippen molar-refractivity contribution in [2.24, 2.45) is 0 Å². The standard InChI is InChI=1S/C16H29N3OS/c1-7-12-13(10-17-15(2,3)4)21-14(18-12)19-8-9-20-16(5,6)11-19/h17H,7-11H2,1-6H3. The number of morpholine rings is 1. The number of thiazole rings is 1. The fourth-order valence-electron chi connectivity index (χ4n) is 2.44. The molecular weight excluding hydrogens is 282 g/mol. The minimum Gasteiger partial charge on any atom is -0.372 e. The molecule has 1 aromatic heterocycles. The van der Waals surface area contributed by atoms with Crippen LogP contribution in [0.1, 0.15) is 52.1 Å². The molecule has 0 spiro atoms. The Kier molecular flexibility index (Phi) is 4.96. The van der Waals surface area contributed by atoms with Gasteiger partial charge in [0.1, 0.15) is 0 Å². The van der Waals surface area contributed by atoms with E-state index < -0.39 is 0 Å². The predicted molar refractivity (Wildman–Crippen MR) is 90.3 cm³/mol. The summed E-state index contributed by atoms with van der Waals surface area (Å²) >= 11 is 1.83. The van der Waals surface area contributed by atoms with E-state index in [0.717, 1.165) is 37.8 Å². The van der Waals surface area contributed by atoms with Gasteiger partial charge in [-0.1, -0.05) is 6.92 Å². The molecular formula is C16H29N3OS. The first-order chi connectivity index (χ1) is 9.70. The first-order valence-corrected chi connectivity index (χ1v) is 8.64. The fourth-order valence-corrected chi connectivity index (χ4v) is 3.56. The molecule has 0 aromatic carbocycles. The summed E-state index contributed by atoms with van der Waals surface area (Å²) in [7, 11) is 0. The van der Waals surface area contributed by atoms with E-state index in [0.29, 0.717) is 0 Å². The van der Waals surface area contributed by atoms with Gasteiger partial charge in [-0.25, -0.2) is 4.98 Å². The summed E-state index contributed by atoms with van der Waals surface area (Å²) in [6.07, 6.45) is 0.991. The molecule has 1 aliphatic rings. The van der Waals surface area contributed by atoms with Crippen LogP contribution in [0, 0.1) is 0 Å². The molecule has 0 aliphatic carbocycles. The van der Waals surface area contributed by atoms with Crippen LogP contribution < -0.4 is 10.2 Å². The fraction of sp³-hybridized carbons (Fsp3) is 0.812. The zero-order valence-electron chi connectivity index (χ0n) is 14.2. The Morgan fingerprint density at radius 3 is 2.67 bits per heavy atom. The molecule has 1 aliphatic heterocycles. The van der Waals surface area contributed by atoms with Gasteiger partial charge >= 0.3 is 0 Å². The average molecular weight is 311 g/mol. The second kappa shape index (κ2) is 6.23. The molecule has 1 N–H and O–H groups in total. The lowest BCUT2D eigenvalue weighted by Gasteiger charge is -2.38. The number of hydrogen-bond donors (Lipinski definition) is 1. The average Bonchev–Trinajstić information content (AvgIpc) is 2.77. The van der Waals surface area contributed by atoms with Gasteiger partial charge < -0.3 is 15.0 Å². The largest absolute Gasteiger partial charge is 0.372 e. The van der Waals surface area contributed by atoms with Crippen molar-refractivity contribution in [1.82, 2.24) is 10.3 Å². The highest BCUT2D eigenvalue weighted by atomic mass is 32.1. The minimum atomic E-state index is -0.0832. The van der Waals surface area contributed by atoms with Gasteiger partial charge in [0.2, 0.25) is 0 Å². The van der Waals surface area contributed by atoms with E-state index in [1.54, 1.807) is 0 Å². The van der Waals surface area contributed by atoms with E-state index in [1.165, 1.54) is 10.6 Å². The Morgan fingerprint density at radius 2 is 2.10 bits per heavy atom. The van der Waals surface area contributed by atoms with Crippen molar-refractivity contribution >= 4 is 16.5 Å². The number of aromatic nitrogens is 1. The van der Waals surface area contributed by atoms with E-state index in [2.05, 4.69) is 51.8 Å². The highest BCUT2D eigenvalue weighted by Gasteiger charge is 2.29. The summed E-state index contributed by atoms with van der Waals surface area (Å²) in [4.78, 5) is 8.60. The highest BCUT2D eigenvalue weighted by Crippen LogP contribution is 2.30. The third-order valence-corrected chi connectivity index (χ3v) is 4.74. The molecule has 1 fully saturated rings. The van der Waals surface area contributed by atoms with Crippen molar-refractivity contribution in [2.75, 3.05) is 24.6 Å². The SMILES string of the molecule is CCc1nc(N2CCOC(C)(C)C2)sc1CNC(C)(C)C. The zero-order valence-corrected chi connectivity index (χ0v) is 15.1. The second-order valence-electron chi connectivity index (χ2n) is 7.35. The van der Waals surface area contributed by atoms with Crippen molar-refractivity contribution in [3.8, 4) is 0 Å². The number of ether oxygens (including phenoxy) is 1. The van der Waals surface area contributed by atoms with E-state index in [4.69, 9.17) is 9.72 Å². The van der Waals surface area contributed by atoms with Crippen LogP contribution >= 0.6 is 11.3 Å². The highest BCUT2D eigenvalue weighted by molar-refractivity contribution is 7.15. The summed E-state index contributed by atoms with van der Waals surface area (Å²) in [5.41, 5.74) is 1.28. The monoisotopic (exact) mass is 311 g/mol. The van der Waals surface area contributed by atoms with E-state index in [-0.39, 0.29) is 11.1 Å². The number of anilines is 1. The first kappa shape index (κ1) is 16.7. The number of aryl methyl sites for hydroxylation is 1. The number of rotatable bonds is 4. The molecule has 1 saturated heterocycles. The lowest BCUT2D eigenvalue weighted by Crippen LogP contribution is -2.48. The van der Waals surface area contributed by atoms with E-state index in [1.807, 2.05) is 11.3 Å². The van der Waals surface area contributed by atoms with Gasteiger partial charge in [-0.15, -0.1) is 11.3 Å². The van der Waals surface area contributed by atoms with Crippen molar-refractivity contribution < 1.29 is 4.74 Å². The van der Waals surface area contributed by atoms with Crippen LogP contribution in [0.2, 0.25) is 0 Å². The van der Waals surface area contributed by atoms with Crippen LogP contribution in [-0.2, 0) is 17.7 Å². The Morgan fingerprint density at radius 1 is 1.38 bits per heavy atom. The zero-order chi connectivity index (χ0) is 15.7. The lowest BCUT2D eigenvalue weighted by molar-refractivity contribution is -0.0277. The van der Waals surface area contributed by atoms with Crippen LogP contribution in [0.3, 0.4) is 0 Å². The molecule has 0 atom stereocenters. The molecule has 2 heterocycles. The lowest BCUT2D eigenvalue weighted by atomic mass is 10.1. The van der Waals surface area contributed by atoms with Crippen molar-refractivity contribution in [3.63, 3.8) is 0 Å². The number of nitrogens with one attached hydrogen (secondary N) is 1. The molecule has 120 valence electrons. The molecule has 0 amide bonds. The van der Waals surface area contributed by atoms with Gasteiger partial charge in [-0.3, -0.25) is 0 Å². The van der Waals surface area contributed by atoms with Crippen LogP contribution in [-0.4, -0.2) is 35.8 Å². The summed E-state index contributed by atoms with van der Waals surface area (Å²) in [5.74, 6) is 0. The third-order valence-electron chi connectivity index (χ3n) is 3.58. The van der Waals surface area contributed by atoms with Crippen molar-refractivity contribution in [1.29, 1.82) is 0 Å². The third kappa shape index (κ3) is 4.66. The molecule has 0 saturated carbocycles. The molecule has 0 radical (unpaired) electrons. The molecule has 1 aromatic rings. The first-order valence-electron chi connectivity index (χ1n) is 7.83. The quantitative estimate of drug-likeness (QED) is 0.926. The molecule has 4 nitrogen and oxygen atoms in total. The van der Waals surface area contributed by atoms with Crippen molar-refractivity contribution in [2.45, 2.75) is 65.6 Å². The van der Waals surface area contributed by atoms with Gasteiger partial charge in [0.15, 0.2) is 5.13 Å². The van der Waals surface area contributed by atoms with Crippen molar-refractivity contribution in [3.05, 3.63) is 10.6 Å². The maximum absolute atomic E-state index is 5.80. The summed E-state index contributed by atoms with van der Waals surface area (Å²) in [6.45, 7) is 16.6. The molecule has 5 heteroatoms. The Labute approximate surface area is 132 Å². The van der Waals surface area contributed by atoms with Crippen LogP contribution in [0.25, 0.3) is 0 Å². The van der Waals surface area contributed by atoms with E-state index in [9.17, 15) is 0 Å². The van der Waals surface area contributed by atoms with Gasteiger partial charge in [0.05, 0.1) is 17.9 Å². The summed E-state index contributed by atoms with van der Waals surface area (Å²) in [5, 5.41) is 4.72. The molecule has 21 heavy (non-hydrogen) atoms. The maximum Gasteiger partial charge on any atom is 0.186 e. The number of hydrogen-bond acceptors (Lipinski definition) is 5. The van der Waals surface area contributed by atoms with Gasteiger partial charge in [-0.05, 0) is 41.0 Å². The Hall–Kier alpha value is -0.650. The number of nitrogens with zero attached hydrogens (tertiary/aromatic N) is 2. The summed E-state index contributed by atoms with van der Waals surface area (Å²) < 4.78 is 5.80. The second-order valence-corrected chi connectivity index (χ2v) is 8.42. The van der Waals surface area contributed by atoms with Gasteiger partial charge in [0.25, 0.3) is 0 Å². The van der Waals surface area contributed by atoms with Gasteiger partial charge in [0, 0.05) is 30.1 Å². The normalized spacial score (nSPS) is 19.0. The predicted octanol–water partition coefficient (Wildman–Crippen LogP) is 3.21. The van der Waals surface area contributed by atoms with Crippen LogP contribution in [0.4, 0.5) is 5.13 Å². The molecule has 2 rings (SSSR count). The van der Waals surface area contributed by atoms with E-state index >= 15 is 0 Å². The summed E-state index contributed by atoms with van der Waals surface area (Å²) in [6, 6.07) is 0. The smallest absolute Gasteiger partial charge is 0.186 e. The maximum atomic E-state index is 5.80. The minimum absolute atomic E-state index is 0.0832. The topological polar surface area (TPSA) is 37.4 Å².